The molecule has 0 saturated heterocycles. The lowest BCUT2D eigenvalue weighted by Crippen LogP contribution is -2.08. The number of carbonyl (C=O) groups is 1. The van der Waals surface area contributed by atoms with Crippen LogP contribution in [-0.4, -0.2) is 34.2 Å². The molecule has 0 saturated carbocycles. The van der Waals surface area contributed by atoms with Crippen molar-refractivity contribution in [2.75, 3.05) is 12.4 Å². The first-order valence-electron chi connectivity index (χ1n) is 6.55. The first kappa shape index (κ1) is 17.2. The number of nitro benzene ring substituents is 1. The van der Waals surface area contributed by atoms with Gasteiger partial charge in [0.05, 0.1) is 17.6 Å². The minimum atomic E-state index is -0.638. The summed E-state index contributed by atoms with van der Waals surface area (Å²) in [4.78, 5) is 22.7. The summed E-state index contributed by atoms with van der Waals surface area (Å²) in [6.07, 6.45) is 0. The van der Waals surface area contributed by atoms with Crippen molar-refractivity contribution in [3.8, 4) is 0 Å². The van der Waals surface area contributed by atoms with Crippen LogP contribution in [0, 0.1) is 10.1 Å². The standard InChI is InChI=1S/C13H14N4O4S2/c1-7(2)14-12-15-16-13(23-12)22-10-5-4-8(17(19)20)6-9(10)11(18)21-3/h4-7H,1-3H3,(H,14,15). The summed E-state index contributed by atoms with van der Waals surface area (Å²) < 4.78 is 5.31. The Balaban J connectivity index is 2.29. The Hall–Kier alpha value is -2.20. The number of aromatic nitrogens is 2. The molecule has 1 aromatic carbocycles. The van der Waals surface area contributed by atoms with Gasteiger partial charge in [0.25, 0.3) is 5.69 Å². The molecule has 8 nitrogen and oxygen atoms in total. The van der Waals surface area contributed by atoms with Crippen LogP contribution in [0.1, 0.15) is 24.2 Å². The molecule has 0 spiro atoms. The van der Waals surface area contributed by atoms with Crippen LogP contribution < -0.4 is 5.32 Å². The van der Waals surface area contributed by atoms with Crippen molar-refractivity contribution < 1.29 is 14.5 Å². The average molecular weight is 354 g/mol. The number of nitrogens with one attached hydrogen (secondary N) is 1. The maximum absolute atomic E-state index is 11.8. The number of anilines is 1. The highest BCUT2D eigenvalue weighted by Crippen LogP contribution is 2.35. The van der Waals surface area contributed by atoms with Gasteiger partial charge in [-0.2, -0.15) is 0 Å². The van der Waals surface area contributed by atoms with Crippen molar-refractivity contribution in [1.29, 1.82) is 0 Å². The molecule has 23 heavy (non-hydrogen) atoms. The summed E-state index contributed by atoms with van der Waals surface area (Å²) in [5, 5.41) is 22.7. The molecule has 0 bridgehead atoms. The van der Waals surface area contributed by atoms with Gasteiger partial charge >= 0.3 is 5.97 Å². The number of methoxy groups -OCH3 is 1. The summed E-state index contributed by atoms with van der Waals surface area (Å²) in [7, 11) is 1.23. The molecule has 10 heteroatoms. The van der Waals surface area contributed by atoms with Gasteiger partial charge in [0.15, 0.2) is 4.34 Å². The van der Waals surface area contributed by atoms with Gasteiger partial charge in [-0.15, -0.1) is 10.2 Å². The topological polar surface area (TPSA) is 107 Å². The predicted octanol–water partition coefficient (Wildman–Crippen LogP) is 3.20. The number of ether oxygens (including phenoxy) is 1. The lowest BCUT2D eigenvalue weighted by atomic mass is 10.2. The van der Waals surface area contributed by atoms with Crippen LogP contribution in [0.5, 0.6) is 0 Å². The molecule has 0 aliphatic heterocycles. The Bertz CT molecular complexity index is 733. The highest BCUT2D eigenvalue weighted by Gasteiger charge is 2.19. The molecular formula is C13H14N4O4S2. The second-order valence-electron chi connectivity index (χ2n) is 4.70. The third-order valence-corrected chi connectivity index (χ3v) is 4.58. The molecule has 0 amide bonds. The molecule has 2 rings (SSSR count). The van der Waals surface area contributed by atoms with Crippen molar-refractivity contribution >= 4 is 39.9 Å². The van der Waals surface area contributed by atoms with E-state index in [4.69, 9.17) is 0 Å². The van der Waals surface area contributed by atoms with Crippen LogP contribution in [0.4, 0.5) is 10.8 Å². The fourth-order valence-corrected chi connectivity index (χ4v) is 3.59. The Morgan fingerprint density at radius 1 is 1.43 bits per heavy atom. The van der Waals surface area contributed by atoms with Crippen LogP contribution >= 0.6 is 23.1 Å². The van der Waals surface area contributed by atoms with E-state index in [1.807, 2.05) is 13.8 Å². The SMILES string of the molecule is COC(=O)c1cc([N+](=O)[O-])ccc1Sc1nnc(NC(C)C)s1. The maximum Gasteiger partial charge on any atom is 0.339 e. The second kappa shape index (κ2) is 7.38. The number of esters is 1. The Labute approximate surface area is 140 Å². The van der Waals surface area contributed by atoms with Crippen LogP contribution in [0.15, 0.2) is 27.4 Å². The maximum atomic E-state index is 11.8. The quantitative estimate of drug-likeness (QED) is 0.479. The van der Waals surface area contributed by atoms with E-state index in [1.54, 1.807) is 0 Å². The average Bonchev–Trinajstić information content (AvgIpc) is 2.92. The normalized spacial score (nSPS) is 10.6. The molecule has 0 unspecified atom stereocenters. The molecule has 0 fully saturated rings. The van der Waals surface area contributed by atoms with Gasteiger partial charge in [0.2, 0.25) is 5.13 Å². The zero-order valence-corrected chi connectivity index (χ0v) is 14.2. The Morgan fingerprint density at radius 3 is 2.78 bits per heavy atom. The Morgan fingerprint density at radius 2 is 2.17 bits per heavy atom. The van der Waals surface area contributed by atoms with Crippen LogP contribution in [0.25, 0.3) is 0 Å². The second-order valence-corrected chi connectivity index (χ2v) is 6.97. The van der Waals surface area contributed by atoms with Gasteiger partial charge in [-0.25, -0.2) is 4.79 Å². The van der Waals surface area contributed by atoms with Crippen LogP contribution in [0.2, 0.25) is 0 Å². The molecule has 0 radical (unpaired) electrons. The summed E-state index contributed by atoms with van der Waals surface area (Å²) in [5.74, 6) is -0.638. The highest BCUT2D eigenvalue weighted by molar-refractivity contribution is 8.01. The van der Waals surface area contributed by atoms with Crippen molar-refractivity contribution in [3.63, 3.8) is 0 Å². The monoisotopic (exact) mass is 354 g/mol. The molecule has 122 valence electrons. The molecule has 0 aliphatic carbocycles. The summed E-state index contributed by atoms with van der Waals surface area (Å²) >= 11 is 2.55. The first-order valence-corrected chi connectivity index (χ1v) is 8.18. The van der Waals surface area contributed by atoms with E-state index in [1.165, 1.54) is 48.4 Å². The molecule has 1 heterocycles. The van der Waals surface area contributed by atoms with E-state index in [2.05, 4.69) is 20.3 Å². The Kier molecular flexibility index (Phi) is 5.50. The van der Waals surface area contributed by atoms with E-state index in [9.17, 15) is 14.9 Å². The van der Waals surface area contributed by atoms with E-state index >= 15 is 0 Å². The fraction of sp³-hybridized carbons (Fsp3) is 0.308. The van der Waals surface area contributed by atoms with Crippen molar-refractivity contribution in [1.82, 2.24) is 10.2 Å². The fourth-order valence-electron chi connectivity index (χ4n) is 1.64. The summed E-state index contributed by atoms with van der Waals surface area (Å²) in [6.45, 7) is 3.97. The smallest absolute Gasteiger partial charge is 0.339 e. The van der Waals surface area contributed by atoms with Crippen LogP contribution in [0.3, 0.4) is 0 Å². The minimum Gasteiger partial charge on any atom is -0.465 e. The van der Waals surface area contributed by atoms with E-state index in [0.29, 0.717) is 14.4 Å². The van der Waals surface area contributed by atoms with Crippen molar-refractivity contribution in [3.05, 3.63) is 33.9 Å². The molecule has 2 aromatic rings. The third kappa shape index (κ3) is 4.39. The highest BCUT2D eigenvalue weighted by atomic mass is 32.2. The zero-order valence-electron chi connectivity index (χ0n) is 12.6. The number of benzene rings is 1. The zero-order chi connectivity index (χ0) is 17.0. The lowest BCUT2D eigenvalue weighted by Gasteiger charge is -2.05. The number of carbonyl (C=O) groups excluding carboxylic acids is 1. The van der Waals surface area contributed by atoms with Gasteiger partial charge in [-0.1, -0.05) is 23.1 Å². The number of nitro groups is 1. The molecule has 1 N–H and O–H groups in total. The van der Waals surface area contributed by atoms with Crippen molar-refractivity contribution in [2.24, 2.45) is 0 Å². The number of nitrogens with zero attached hydrogens (tertiary/aromatic N) is 3. The number of non-ortho nitro benzene ring substituents is 1. The van der Waals surface area contributed by atoms with Crippen molar-refractivity contribution in [2.45, 2.75) is 29.1 Å². The number of hydrogen-bond donors (Lipinski definition) is 1. The van der Waals surface area contributed by atoms with E-state index in [-0.39, 0.29) is 17.3 Å². The lowest BCUT2D eigenvalue weighted by molar-refractivity contribution is -0.384. The predicted molar refractivity (Wildman–Crippen MR) is 87.2 cm³/mol. The molecular weight excluding hydrogens is 340 g/mol. The van der Waals surface area contributed by atoms with Gasteiger partial charge < -0.3 is 10.1 Å². The van der Waals surface area contributed by atoms with Gasteiger partial charge in [-0.05, 0) is 19.9 Å². The van der Waals surface area contributed by atoms with Crippen LogP contribution in [-0.2, 0) is 4.74 Å². The molecule has 0 atom stereocenters. The summed E-state index contributed by atoms with van der Waals surface area (Å²) in [5.41, 5.74) is -0.0468. The van der Waals surface area contributed by atoms with Gasteiger partial charge in [0, 0.05) is 23.1 Å². The van der Waals surface area contributed by atoms with Gasteiger partial charge in [-0.3, -0.25) is 10.1 Å². The number of rotatable bonds is 6. The minimum absolute atomic E-state index is 0.125. The van der Waals surface area contributed by atoms with Gasteiger partial charge in [0.1, 0.15) is 0 Å². The van der Waals surface area contributed by atoms with E-state index < -0.39 is 10.9 Å². The third-order valence-electron chi connectivity index (χ3n) is 2.60. The van der Waals surface area contributed by atoms with E-state index in [0.717, 1.165) is 0 Å². The first-order chi connectivity index (χ1) is 10.9. The summed E-state index contributed by atoms with van der Waals surface area (Å²) in [6, 6.07) is 4.27. The molecule has 1 aromatic heterocycles. The number of hydrogen-bond acceptors (Lipinski definition) is 9. The molecule has 0 aliphatic rings. The largest absolute Gasteiger partial charge is 0.465 e.